The van der Waals surface area contributed by atoms with Crippen LogP contribution in [0.15, 0.2) is 46.9 Å². The maximum Gasteiger partial charge on any atom is 0.211 e. The predicted octanol–water partition coefficient (Wildman–Crippen LogP) is 4.04. The molecule has 0 saturated carbocycles. The Balaban J connectivity index is 1.68. The smallest absolute Gasteiger partial charge is 0.211 e. The van der Waals surface area contributed by atoms with Gasteiger partial charge in [-0.25, -0.2) is 4.98 Å². The van der Waals surface area contributed by atoms with Crippen LogP contribution in [0.25, 0.3) is 22.1 Å². The van der Waals surface area contributed by atoms with Crippen molar-refractivity contribution in [2.24, 2.45) is 0 Å². The summed E-state index contributed by atoms with van der Waals surface area (Å²) in [6, 6.07) is 11.8. The molecule has 120 valence electrons. The maximum absolute atomic E-state index is 12.1. The monoisotopic (exact) mass is 354 g/mol. The Morgan fingerprint density at radius 1 is 1.21 bits per heavy atom. The van der Waals surface area contributed by atoms with Crippen molar-refractivity contribution in [3.05, 3.63) is 46.7 Å². The van der Waals surface area contributed by atoms with Crippen LogP contribution in [0.2, 0.25) is 0 Å². The molecule has 0 spiro atoms. The summed E-state index contributed by atoms with van der Waals surface area (Å²) in [6.45, 7) is 2.89. The summed E-state index contributed by atoms with van der Waals surface area (Å²) in [4.78, 5) is 17.5. The minimum Gasteiger partial charge on any atom is -0.324 e. The SMILES string of the molecule is CCn1c2ccccc2c2nnc(SCC(=O)c3cccs3)nc21. The lowest BCUT2D eigenvalue weighted by Gasteiger charge is -2.02. The van der Waals surface area contributed by atoms with Crippen LogP contribution in [0, 0.1) is 0 Å². The molecule has 0 saturated heterocycles. The molecule has 3 aromatic heterocycles. The predicted molar refractivity (Wildman–Crippen MR) is 97.9 cm³/mol. The average Bonchev–Trinajstić information content (AvgIpc) is 3.25. The van der Waals surface area contributed by atoms with Gasteiger partial charge in [-0.15, -0.1) is 21.5 Å². The number of nitrogens with zero attached hydrogens (tertiary/aromatic N) is 4. The van der Waals surface area contributed by atoms with Crippen LogP contribution in [-0.4, -0.2) is 31.3 Å². The van der Waals surface area contributed by atoms with Crippen LogP contribution in [0.3, 0.4) is 0 Å². The topological polar surface area (TPSA) is 60.7 Å². The molecule has 0 aliphatic carbocycles. The average molecular weight is 354 g/mol. The summed E-state index contributed by atoms with van der Waals surface area (Å²) in [5.41, 5.74) is 2.73. The second-order valence-corrected chi connectivity index (χ2v) is 7.11. The van der Waals surface area contributed by atoms with E-state index in [0.717, 1.165) is 33.5 Å². The first-order valence-electron chi connectivity index (χ1n) is 7.59. The summed E-state index contributed by atoms with van der Waals surface area (Å²) in [5.74, 6) is 0.412. The van der Waals surface area contributed by atoms with Gasteiger partial charge in [0.05, 0.1) is 16.1 Å². The number of aryl methyl sites for hydroxylation is 1. The van der Waals surface area contributed by atoms with Crippen molar-refractivity contribution in [3.63, 3.8) is 0 Å². The molecule has 0 aliphatic heterocycles. The van der Waals surface area contributed by atoms with E-state index < -0.39 is 0 Å². The van der Waals surface area contributed by atoms with Crippen molar-refractivity contribution in [1.29, 1.82) is 0 Å². The third-order valence-corrected chi connectivity index (χ3v) is 5.55. The highest BCUT2D eigenvalue weighted by molar-refractivity contribution is 7.99. The Morgan fingerprint density at radius 2 is 2.08 bits per heavy atom. The molecule has 1 aromatic carbocycles. The van der Waals surface area contributed by atoms with Crippen LogP contribution in [0.1, 0.15) is 16.6 Å². The van der Waals surface area contributed by atoms with E-state index >= 15 is 0 Å². The molecule has 0 unspecified atom stereocenters. The van der Waals surface area contributed by atoms with Gasteiger partial charge in [-0.1, -0.05) is 36.0 Å². The van der Waals surface area contributed by atoms with Crippen LogP contribution >= 0.6 is 23.1 Å². The van der Waals surface area contributed by atoms with Gasteiger partial charge in [0.1, 0.15) is 5.52 Å². The summed E-state index contributed by atoms with van der Waals surface area (Å²) in [6.07, 6.45) is 0. The Labute approximate surface area is 146 Å². The van der Waals surface area contributed by atoms with Gasteiger partial charge in [-0.05, 0) is 24.4 Å². The van der Waals surface area contributed by atoms with E-state index in [9.17, 15) is 4.79 Å². The second-order valence-electron chi connectivity index (χ2n) is 5.22. The van der Waals surface area contributed by atoms with Gasteiger partial charge < -0.3 is 4.57 Å². The van der Waals surface area contributed by atoms with Crippen LogP contribution in [-0.2, 0) is 6.54 Å². The molecule has 4 aromatic rings. The minimum absolute atomic E-state index is 0.0923. The lowest BCUT2D eigenvalue weighted by molar-refractivity contribution is 0.102. The van der Waals surface area contributed by atoms with Crippen LogP contribution in [0.4, 0.5) is 0 Å². The highest BCUT2D eigenvalue weighted by atomic mass is 32.2. The fourth-order valence-corrected chi connectivity index (χ4v) is 4.13. The number of aromatic nitrogens is 4. The van der Waals surface area contributed by atoms with Gasteiger partial charge in [0, 0.05) is 11.9 Å². The van der Waals surface area contributed by atoms with Crippen molar-refractivity contribution in [2.75, 3.05) is 5.75 Å². The molecule has 7 heteroatoms. The van der Waals surface area contributed by atoms with Crippen LogP contribution in [0.5, 0.6) is 0 Å². The van der Waals surface area contributed by atoms with Crippen molar-refractivity contribution < 1.29 is 4.79 Å². The Bertz CT molecular complexity index is 1020. The highest BCUT2D eigenvalue weighted by Crippen LogP contribution is 2.27. The summed E-state index contributed by atoms with van der Waals surface area (Å²) in [5, 5.41) is 12.0. The molecule has 0 fully saturated rings. The molecule has 5 nitrogen and oxygen atoms in total. The number of Topliss-reactive ketones (excluding diaryl/α,β-unsaturated/α-hetero) is 1. The van der Waals surface area contributed by atoms with E-state index in [0.29, 0.717) is 10.9 Å². The summed E-state index contributed by atoms with van der Waals surface area (Å²) >= 11 is 2.78. The number of hydrogen-bond acceptors (Lipinski definition) is 6. The van der Waals surface area contributed by atoms with E-state index in [2.05, 4.69) is 32.7 Å². The minimum atomic E-state index is 0.0923. The Kier molecular flexibility index (Phi) is 4.03. The first-order chi connectivity index (χ1) is 11.8. The molecule has 0 amide bonds. The van der Waals surface area contributed by atoms with E-state index in [1.807, 2.05) is 35.7 Å². The maximum atomic E-state index is 12.1. The second kappa shape index (κ2) is 6.33. The molecular weight excluding hydrogens is 340 g/mol. The first kappa shape index (κ1) is 15.3. The molecule has 4 rings (SSSR count). The quantitative estimate of drug-likeness (QED) is 0.400. The van der Waals surface area contributed by atoms with Gasteiger partial charge >= 0.3 is 0 Å². The lowest BCUT2D eigenvalue weighted by Crippen LogP contribution is -2.02. The van der Waals surface area contributed by atoms with Gasteiger partial charge in [0.15, 0.2) is 11.4 Å². The summed E-state index contributed by atoms with van der Waals surface area (Å²) < 4.78 is 2.13. The number of carbonyl (C=O) groups is 1. The molecule has 0 aliphatic rings. The third kappa shape index (κ3) is 2.59. The lowest BCUT2D eigenvalue weighted by atomic mass is 10.2. The fourth-order valence-electron chi connectivity index (χ4n) is 2.71. The van der Waals surface area contributed by atoms with E-state index in [1.54, 1.807) is 0 Å². The molecule has 0 radical (unpaired) electrons. The number of ketones is 1. The summed E-state index contributed by atoms with van der Waals surface area (Å²) in [7, 11) is 0. The molecule has 0 bridgehead atoms. The van der Waals surface area contributed by atoms with Crippen LogP contribution < -0.4 is 0 Å². The van der Waals surface area contributed by atoms with E-state index in [1.165, 1.54) is 23.1 Å². The third-order valence-electron chi connectivity index (χ3n) is 3.80. The number of para-hydroxylation sites is 1. The van der Waals surface area contributed by atoms with Gasteiger partial charge in [-0.2, -0.15) is 0 Å². The van der Waals surface area contributed by atoms with Crippen molar-refractivity contribution in [3.8, 4) is 0 Å². The van der Waals surface area contributed by atoms with Gasteiger partial charge in [-0.3, -0.25) is 4.79 Å². The number of hydrogen-bond donors (Lipinski definition) is 0. The van der Waals surface area contributed by atoms with E-state index in [-0.39, 0.29) is 5.78 Å². The molecule has 3 heterocycles. The number of carbonyl (C=O) groups excluding carboxylic acids is 1. The molecule has 0 N–H and O–H groups in total. The van der Waals surface area contributed by atoms with E-state index in [4.69, 9.17) is 0 Å². The Hall–Kier alpha value is -2.25. The molecular formula is C17H14N4OS2. The highest BCUT2D eigenvalue weighted by Gasteiger charge is 2.15. The normalized spacial score (nSPS) is 11.4. The number of rotatable bonds is 5. The number of thiophene rings is 1. The zero-order chi connectivity index (χ0) is 16.5. The first-order valence-corrected chi connectivity index (χ1v) is 9.45. The molecule has 24 heavy (non-hydrogen) atoms. The Morgan fingerprint density at radius 3 is 2.88 bits per heavy atom. The zero-order valence-electron chi connectivity index (χ0n) is 13.0. The fraction of sp³-hybridized carbons (Fsp3) is 0.176. The standard InChI is InChI=1S/C17H14N4OS2/c1-2-21-12-7-4-3-6-11(12)15-16(21)18-17(20-19-15)24-10-13(22)14-8-5-9-23-14/h3-9H,2,10H2,1H3. The number of fused-ring (bicyclic) bond motifs is 3. The number of benzene rings is 1. The molecule has 0 atom stereocenters. The largest absolute Gasteiger partial charge is 0.324 e. The van der Waals surface area contributed by atoms with Gasteiger partial charge in [0.2, 0.25) is 5.16 Å². The zero-order valence-corrected chi connectivity index (χ0v) is 14.6. The van der Waals surface area contributed by atoms with Crippen molar-refractivity contribution in [1.82, 2.24) is 19.7 Å². The van der Waals surface area contributed by atoms with Gasteiger partial charge in [0.25, 0.3) is 0 Å². The number of thioether (sulfide) groups is 1. The van der Waals surface area contributed by atoms with Crippen molar-refractivity contribution in [2.45, 2.75) is 18.6 Å². The van der Waals surface area contributed by atoms with Crippen molar-refractivity contribution >= 4 is 50.9 Å².